The number of thiazole rings is 1. The molecule has 1 aromatic carbocycles. The molecule has 2 aromatic rings. The van der Waals surface area contributed by atoms with Crippen LogP contribution in [0.2, 0.25) is 5.02 Å². The summed E-state index contributed by atoms with van der Waals surface area (Å²) in [6.45, 7) is 8.75. The molecule has 0 saturated carbocycles. The second-order valence-electron chi connectivity index (χ2n) is 8.58. The molecule has 172 valence electrons. The average molecular weight is 476 g/mol. The predicted octanol–water partition coefficient (Wildman–Crippen LogP) is 3.41. The lowest BCUT2D eigenvalue weighted by molar-refractivity contribution is -0.138. The summed E-state index contributed by atoms with van der Waals surface area (Å²) in [4.78, 5) is 37.5. The van der Waals surface area contributed by atoms with Gasteiger partial charge in [-0.15, -0.1) is 11.3 Å². The molecule has 0 radical (unpaired) electrons. The van der Waals surface area contributed by atoms with Gasteiger partial charge in [-0.2, -0.15) is 0 Å². The molecule has 1 N–H and O–H groups in total. The van der Waals surface area contributed by atoms with E-state index >= 15 is 0 Å². The molecule has 0 bridgehead atoms. The summed E-state index contributed by atoms with van der Waals surface area (Å²) in [5, 5.41) is 4.27. The lowest BCUT2D eigenvalue weighted by Crippen LogP contribution is -2.53. The van der Waals surface area contributed by atoms with Crippen molar-refractivity contribution in [2.24, 2.45) is 5.92 Å². The summed E-state index contributed by atoms with van der Waals surface area (Å²) in [5.41, 5.74) is 2.05. The number of hydrogen-bond acceptors (Lipinski definition) is 6. The van der Waals surface area contributed by atoms with Crippen molar-refractivity contribution >= 4 is 45.6 Å². The number of halogens is 1. The molecule has 2 saturated heterocycles. The van der Waals surface area contributed by atoms with E-state index in [0.717, 1.165) is 53.8 Å². The maximum absolute atomic E-state index is 13.2. The highest BCUT2D eigenvalue weighted by atomic mass is 35.5. The van der Waals surface area contributed by atoms with Gasteiger partial charge in [0, 0.05) is 48.3 Å². The predicted molar refractivity (Wildman–Crippen MR) is 130 cm³/mol. The second kappa shape index (κ2) is 10.2. The van der Waals surface area contributed by atoms with Crippen LogP contribution >= 0.6 is 22.9 Å². The molecule has 0 aliphatic carbocycles. The number of carbonyl (C=O) groups is 2. The van der Waals surface area contributed by atoms with Gasteiger partial charge in [0.2, 0.25) is 11.8 Å². The average Bonchev–Trinajstić information content (AvgIpc) is 3.10. The lowest BCUT2D eigenvalue weighted by atomic mass is 9.96. The summed E-state index contributed by atoms with van der Waals surface area (Å²) >= 11 is 7.61. The van der Waals surface area contributed by atoms with E-state index in [0.29, 0.717) is 31.3 Å². The van der Waals surface area contributed by atoms with E-state index in [1.807, 2.05) is 36.9 Å². The van der Waals surface area contributed by atoms with E-state index in [1.54, 1.807) is 0 Å². The highest BCUT2D eigenvalue weighted by Crippen LogP contribution is 2.24. The topological polar surface area (TPSA) is 68.8 Å². The zero-order valence-electron chi connectivity index (χ0n) is 18.6. The van der Waals surface area contributed by atoms with Crippen molar-refractivity contribution in [1.82, 2.24) is 14.8 Å². The number of rotatable bonds is 5. The Morgan fingerprint density at radius 1 is 1.19 bits per heavy atom. The summed E-state index contributed by atoms with van der Waals surface area (Å²) in [5.74, 6) is 0.104. The van der Waals surface area contributed by atoms with E-state index in [1.165, 1.54) is 11.3 Å². The van der Waals surface area contributed by atoms with Gasteiger partial charge in [0.15, 0.2) is 5.13 Å². The van der Waals surface area contributed by atoms with Gasteiger partial charge in [-0.25, -0.2) is 4.98 Å². The minimum absolute atomic E-state index is 0.0429. The number of nitrogens with zero attached hydrogens (tertiary/aromatic N) is 4. The van der Waals surface area contributed by atoms with Crippen LogP contribution in [0.15, 0.2) is 24.3 Å². The second-order valence-corrected chi connectivity index (χ2v) is 10.2. The Balaban J connectivity index is 1.26. The van der Waals surface area contributed by atoms with Crippen molar-refractivity contribution in [3.8, 4) is 0 Å². The van der Waals surface area contributed by atoms with Gasteiger partial charge in [0.05, 0.1) is 18.2 Å². The van der Waals surface area contributed by atoms with Gasteiger partial charge < -0.3 is 15.1 Å². The minimum Gasteiger partial charge on any atom is -0.368 e. The molecule has 2 amide bonds. The number of aryl methyl sites for hydroxylation is 2. The number of benzene rings is 1. The van der Waals surface area contributed by atoms with Gasteiger partial charge >= 0.3 is 0 Å². The molecule has 32 heavy (non-hydrogen) atoms. The van der Waals surface area contributed by atoms with Crippen LogP contribution in [0.4, 0.5) is 10.8 Å². The number of amides is 2. The molecule has 1 atom stereocenters. The molecule has 2 aliphatic heterocycles. The standard InChI is InChI=1S/C23H30ClN5O2S/c1-16-17(2)32-23(25-16)26-21(30)15-27-8-4-5-18(14-27)22(31)29-11-9-28(10-12-29)20-7-3-6-19(24)13-20/h3,6-7,13,18H,4-5,8-12,14-15H2,1-2H3,(H,25,26,30). The van der Waals surface area contributed by atoms with Gasteiger partial charge in [-0.3, -0.25) is 14.5 Å². The quantitative estimate of drug-likeness (QED) is 0.717. The largest absolute Gasteiger partial charge is 0.368 e. The third-order valence-corrected chi connectivity index (χ3v) is 7.48. The SMILES string of the molecule is Cc1nc(NC(=O)CN2CCCC(C(=O)N3CCN(c4cccc(Cl)c4)CC3)C2)sc1C. The van der Waals surface area contributed by atoms with Crippen molar-refractivity contribution in [3.63, 3.8) is 0 Å². The number of hydrogen-bond donors (Lipinski definition) is 1. The van der Waals surface area contributed by atoms with E-state index in [4.69, 9.17) is 11.6 Å². The fourth-order valence-electron chi connectivity index (χ4n) is 4.40. The van der Waals surface area contributed by atoms with Crippen LogP contribution in [0.5, 0.6) is 0 Å². The highest BCUT2D eigenvalue weighted by molar-refractivity contribution is 7.15. The van der Waals surface area contributed by atoms with Gasteiger partial charge in [0.1, 0.15) is 0 Å². The van der Waals surface area contributed by atoms with Crippen LogP contribution in [0, 0.1) is 19.8 Å². The lowest BCUT2D eigenvalue weighted by Gasteiger charge is -2.39. The summed E-state index contributed by atoms with van der Waals surface area (Å²) in [7, 11) is 0. The van der Waals surface area contributed by atoms with E-state index in [-0.39, 0.29) is 17.7 Å². The zero-order chi connectivity index (χ0) is 22.7. The van der Waals surface area contributed by atoms with Crippen LogP contribution in [0.3, 0.4) is 0 Å². The first-order valence-corrected chi connectivity index (χ1v) is 12.3. The number of aromatic nitrogens is 1. The highest BCUT2D eigenvalue weighted by Gasteiger charge is 2.31. The molecular formula is C23H30ClN5O2S. The van der Waals surface area contributed by atoms with Crippen molar-refractivity contribution in [3.05, 3.63) is 39.9 Å². The Hall–Kier alpha value is -2.16. The Morgan fingerprint density at radius 2 is 1.97 bits per heavy atom. The Bertz CT molecular complexity index is 954. The van der Waals surface area contributed by atoms with Crippen LogP contribution in [0.25, 0.3) is 0 Å². The normalized spacial score (nSPS) is 19.8. The zero-order valence-corrected chi connectivity index (χ0v) is 20.2. The molecule has 4 rings (SSSR count). The first kappa shape index (κ1) is 23.0. The molecule has 3 heterocycles. The van der Waals surface area contributed by atoms with E-state index in [9.17, 15) is 9.59 Å². The van der Waals surface area contributed by atoms with Crippen LogP contribution < -0.4 is 10.2 Å². The first-order valence-electron chi connectivity index (χ1n) is 11.1. The molecule has 7 nitrogen and oxygen atoms in total. The molecule has 2 aliphatic rings. The number of likely N-dealkylation sites (tertiary alicyclic amines) is 1. The van der Waals surface area contributed by atoms with E-state index in [2.05, 4.69) is 26.2 Å². The summed E-state index contributed by atoms with van der Waals surface area (Å²) in [6.07, 6.45) is 1.82. The summed E-state index contributed by atoms with van der Waals surface area (Å²) in [6, 6.07) is 7.86. The molecule has 9 heteroatoms. The van der Waals surface area contributed by atoms with Gasteiger partial charge in [-0.05, 0) is 51.4 Å². The minimum atomic E-state index is -0.0676. The van der Waals surface area contributed by atoms with Gasteiger partial charge in [0.25, 0.3) is 0 Å². The Kier molecular flexibility index (Phi) is 7.33. The maximum Gasteiger partial charge on any atom is 0.240 e. The number of nitrogens with one attached hydrogen (secondary N) is 1. The summed E-state index contributed by atoms with van der Waals surface area (Å²) < 4.78 is 0. The van der Waals surface area contributed by atoms with Crippen molar-refractivity contribution < 1.29 is 9.59 Å². The monoisotopic (exact) mass is 475 g/mol. The fourth-order valence-corrected chi connectivity index (χ4v) is 5.42. The third-order valence-electron chi connectivity index (χ3n) is 6.26. The van der Waals surface area contributed by atoms with Crippen LogP contribution in [-0.2, 0) is 9.59 Å². The Labute approximate surface area is 198 Å². The Morgan fingerprint density at radius 3 is 2.66 bits per heavy atom. The van der Waals surface area contributed by atoms with Crippen molar-refractivity contribution in [2.45, 2.75) is 26.7 Å². The van der Waals surface area contributed by atoms with Crippen molar-refractivity contribution in [1.29, 1.82) is 0 Å². The maximum atomic E-state index is 13.2. The smallest absolute Gasteiger partial charge is 0.240 e. The number of carbonyl (C=O) groups excluding carboxylic acids is 2. The van der Waals surface area contributed by atoms with E-state index < -0.39 is 0 Å². The molecule has 2 fully saturated rings. The number of piperazine rings is 1. The molecule has 0 spiro atoms. The fraction of sp³-hybridized carbons (Fsp3) is 0.522. The van der Waals surface area contributed by atoms with Crippen LogP contribution in [-0.4, -0.2) is 72.4 Å². The number of anilines is 2. The molecule has 1 aromatic heterocycles. The van der Waals surface area contributed by atoms with Gasteiger partial charge in [-0.1, -0.05) is 17.7 Å². The molecular weight excluding hydrogens is 446 g/mol. The number of piperidine rings is 1. The third kappa shape index (κ3) is 5.60. The van der Waals surface area contributed by atoms with Crippen LogP contribution in [0.1, 0.15) is 23.4 Å². The van der Waals surface area contributed by atoms with Crippen molar-refractivity contribution in [2.75, 3.05) is 56.0 Å². The molecule has 1 unspecified atom stereocenters. The first-order chi connectivity index (χ1) is 15.4.